The number of rotatable bonds is 4. The smallest absolute Gasteiger partial charge is 0.0396 e. The zero-order valence-electron chi connectivity index (χ0n) is 9.38. The summed E-state index contributed by atoms with van der Waals surface area (Å²) in [7, 11) is 4.17. The highest BCUT2D eigenvalue weighted by atomic mass is 15.1. The summed E-state index contributed by atoms with van der Waals surface area (Å²) < 4.78 is 0. The Kier molecular flexibility index (Phi) is 3.96. The minimum absolute atomic E-state index is 0.765. The molecule has 0 spiro atoms. The van der Waals surface area contributed by atoms with Gasteiger partial charge in [0.25, 0.3) is 0 Å². The molecular formula is C12H20N2. The first-order valence-corrected chi connectivity index (χ1v) is 5.12. The van der Waals surface area contributed by atoms with E-state index in [0.717, 1.165) is 19.4 Å². The van der Waals surface area contributed by atoms with E-state index in [1.165, 1.54) is 16.8 Å². The van der Waals surface area contributed by atoms with Gasteiger partial charge in [-0.2, -0.15) is 0 Å². The first kappa shape index (κ1) is 11.1. The second-order valence-electron chi connectivity index (χ2n) is 3.92. The van der Waals surface area contributed by atoms with E-state index in [9.17, 15) is 0 Å². The number of anilines is 1. The van der Waals surface area contributed by atoms with Gasteiger partial charge < -0.3 is 10.6 Å². The molecule has 1 rings (SSSR count). The lowest BCUT2D eigenvalue weighted by molar-refractivity contribution is 0.829. The van der Waals surface area contributed by atoms with Gasteiger partial charge in [0, 0.05) is 19.8 Å². The molecule has 0 saturated carbocycles. The SMILES string of the molecule is Cc1ccc(CCCN)c(N(C)C)c1. The number of nitrogens with two attached hydrogens (primary N) is 1. The second kappa shape index (κ2) is 5.01. The van der Waals surface area contributed by atoms with Gasteiger partial charge in [0.2, 0.25) is 0 Å². The van der Waals surface area contributed by atoms with Gasteiger partial charge in [0.15, 0.2) is 0 Å². The highest BCUT2D eigenvalue weighted by Gasteiger charge is 2.03. The zero-order chi connectivity index (χ0) is 10.6. The van der Waals surface area contributed by atoms with Gasteiger partial charge in [-0.25, -0.2) is 0 Å². The van der Waals surface area contributed by atoms with E-state index in [4.69, 9.17) is 5.73 Å². The lowest BCUT2D eigenvalue weighted by Gasteiger charge is -2.18. The van der Waals surface area contributed by atoms with Crippen molar-refractivity contribution >= 4 is 5.69 Å². The van der Waals surface area contributed by atoms with Crippen molar-refractivity contribution in [2.45, 2.75) is 19.8 Å². The molecule has 1 aromatic rings. The van der Waals surface area contributed by atoms with Crippen molar-refractivity contribution in [2.75, 3.05) is 25.5 Å². The summed E-state index contributed by atoms with van der Waals surface area (Å²) in [6.45, 7) is 2.89. The van der Waals surface area contributed by atoms with Crippen molar-refractivity contribution in [3.05, 3.63) is 29.3 Å². The quantitative estimate of drug-likeness (QED) is 0.790. The minimum Gasteiger partial charge on any atom is -0.377 e. The van der Waals surface area contributed by atoms with Gasteiger partial charge in [0.05, 0.1) is 0 Å². The van der Waals surface area contributed by atoms with Crippen molar-refractivity contribution in [2.24, 2.45) is 5.73 Å². The molecule has 0 bridgehead atoms. The molecule has 0 unspecified atom stereocenters. The average molecular weight is 192 g/mol. The minimum atomic E-state index is 0.765. The molecule has 2 N–H and O–H groups in total. The fourth-order valence-corrected chi connectivity index (χ4v) is 1.59. The Labute approximate surface area is 86.7 Å². The molecule has 0 aliphatic rings. The summed E-state index contributed by atoms with van der Waals surface area (Å²) in [6.07, 6.45) is 2.13. The first-order valence-electron chi connectivity index (χ1n) is 5.12. The topological polar surface area (TPSA) is 29.3 Å². The predicted molar refractivity (Wildman–Crippen MR) is 62.9 cm³/mol. The standard InChI is InChI=1S/C12H20N2/c1-10-6-7-11(5-4-8-13)12(9-10)14(2)3/h6-7,9H,4-5,8,13H2,1-3H3. The van der Waals surface area contributed by atoms with Crippen molar-refractivity contribution in [1.29, 1.82) is 0 Å². The van der Waals surface area contributed by atoms with Crippen molar-refractivity contribution in [3.8, 4) is 0 Å². The zero-order valence-corrected chi connectivity index (χ0v) is 9.38. The van der Waals surface area contributed by atoms with E-state index in [-0.39, 0.29) is 0 Å². The second-order valence-corrected chi connectivity index (χ2v) is 3.92. The lowest BCUT2D eigenvalue weighted by atomic mass is 10.0. The number of nitrogens with zero attached hydrogens (tertiary/aromatic N) is 1. The Morgan fingerprint density at radius 2 is 2.00 bits per heavy atom. The average Bonchev–Trinajstić information content (AvgIpc) is 2.15. The van der Waals surface area contributed by atoms with Crippen LogP contribution in [0.4, 0.5) is 5.69 Å². The van der Waals surface area contributed by atoms with E-state index in [1.807, 2.05) is 0 Å². The van der Waals surface area contributed by atoms with Crippen LogP contribution in [0.25, 0.3) is 0 Å². The van der Waals surface area contributed by atoms with Crippen LogP contribution in [0.2, 0.25) is 0 Å². The molecule has 0 amide bonds. The van der Waals surface area contributed by atoms with Gasteiger partial charge >= 0.3 is 0 Å². The summed E-state index contributed by atoms with van der Waals surface area (Å²) in [4.78, 5) is 2.17. The first-order chi connectivity index (χ1) is 6.65. The summed E-state index contributed by atoms with van der Waals surface area (Å²) in [5, 5.41) is 0. The van der Waals surface area contributed by atoms with Gasteiger partial charge in [0.1, 0.15) is 0 Å². The number of hydrogen-bond acceptors (Lipinski definition) is 2. The molecule has 0 atom stereocenters. The molecule has 2 heteroatoms. The fraction of sp³-hybridized carbons (Fsp3) is 0.500. The van der Waals surface area contributed by atoms with E-state index in [2.05, 4.69) is 44.1 Å². The summed E-state index contributed by atoms with van der Waals surface area (Å²) in [5.74, 6) is 0. The van der Waals surface area contributed by atoms with E-state index in [0.29, 0.717) is 0 Å². The third-order valence-electron chi connectivity index (χ3n) is 2.37. The van der Waals surface area contributed by atoms with Crippen LogP contribution in [0.5, 0.6) is 0 Å². The van der Waals surface area contributed by atoms with Crippen molar-refractivity contribution in [1.82, 2.24) is 0 Å². The molecule has 14 heavy (non-hydrogen) atoms. The Hall–Kier alpha value is -1.02. The molecule has 0 saturated heterocycles. The maximum absolute atomic E-state index is 5.52. The van der Waals surface area contributed by atoms with E-state index < -0.39 is 0 Å². The van der Waals surface area contributed by atoms with Gasteiger partial charge in [-0.1, -0.05) is 12.1 Å². The monoisotopic (exact) mass is 192 g/mol. The van der Waals surface area contributed by atoms with Crippen molar-refractivity contribution in [3.63, 3.8) is 0 Å². The maximum atomic E-state index is 5.52. The van der Waals surface area contributed by atoms with E-state index >= 15 is 0 Å². The fourth-order valence-electron chi connectivity index (χ4n) is 1.59. The highest BCUT2D eigenvalue weighted by Crippen LogP contribution is 2.21. The largest absolute Gasteiger partial charge is 0.377 e. The Morgan fingerprint density at radius 1 is 1.29 bits per heavy atom. The molecule has 78 valence electrons. The number of hydrogen-bond donors (Lipinski definition) is 1. The molecular weight excluding hydrogens is 172 g/mol. The molecule has 0 aliphatic heterocycles. The van der Waals surface area contributed by atoms with Crippen LogP contribution in [-0.2, 0) is 6.42 Å². The van der Waals surface area contributed by atoms with Crippen LogP contribution in [0.15, 0.2) is 18.2 Å². The van der Waals surface area contributed by atoms with Gasteiger partial charge in [-0.15, -0.1) is 0 Å². The summed E-state index contributed by atoms with van der Waals surface area (Å²) >= 11 is 0. The predicted octanol–water partition coefficient (Wildman–Crippen LogP) is 1.95. The van der Waals surface area contributed by atoms with Crippen LogP contribution in [-0.4, -0.2) is 20.6 Å². The number of benzene rings is 1. The van der Waals surface area contributed by atoms with Crippen LogP contribution in [0, 0.1) is 6.92 Å². The Balaban J connectivity index is 2.90. The van der Waals surface area contributed by atoms with Crippen LogP contribution < -0.4 is 10.6 Å². The van der Waals surface area contributed by atoms with Gasteiger partial charge in [-0.3, -0.25) is 0 Å². The molecule has 1 aromatic carbocycles. The van der Waals surface area contributed by atoms with Gasteiger partial charge in [-0.05, 0) is 43.5 Å². The molecule has 2 nitrogen and oxygen atoms in total. The highest BCUT2D eigenvalue weighted by molar-refractivity contribution is 5.54. The Bertz CT molecular complexity index is 292. The maximum Gasteiger partial charge on any atom is 0.0396 e. The summed E-state index contributed by atoms with van der Waals surface area (Å²) in [5.41, 5.74) is 9.54. The normalized spacial score (nSPS) is 10.3. The molecule has 0 radical (unpaired) electrons. The third-order valence-corrected chi connectivity index (χ3v) is 2.37. The summed E-state index contributed by atoms with van der Waals surface area (Å²) in [6, 6.07) is 6.60. The van der Waals surface area contributed by atoms with Crippen LogP contribution in [0.3, 0.4) is 0 Å². The lowest BCUT2D eigenvalue weighted by Crippen LogP contribution is -2.12. The molecule has 0 aromatic heterocycles. The van der Waals surface area contributed by atoms with Crippen molar-refractivity contribution < 1.29 is 0 Å². The van der Waals surface area contributed by atoms with Crippen LogP contribution >= 0.6 is 0 Å². The number of aryl methyl sites for hydroxylation is 2. The molecule has 0 aliphatic carbocycles. The Morgan fingerprint density at radius 3 is 2.57 bits per heavy atom. The molecule has 0 heterocycles. The van der Waals surface area contributed by atoms with E-state index in [1.54, 1.807) is 0 Å². The third kappa shape index (κ3) is 2.74. The molecule has 0 fully saturated rings. The van der Waals surface area contributed by atoms with Crippen LogP contribution in [0.1, 0.15) is 17.5 Å².